The number of aromatic nitrogens is 2. The molecule has 2 saturated heterocycles. The van der Waals surface area contributed by atoms with Crippen LogP contribution in [0.15, 0.2) is 24.3 Å². The molecule has 200 valence electrons. The average Bonchev–Trinajstić information content (AvgIpc) is 3.55. The minimum Gasteiger partial charge on any atom is -0.395 e. The molecule has 1 aromatic carbocycles. The number of aliphatic hydroxyl groups is 2. The minimum absolute atomic E-state index is 0.344. The first-order chi connectivity index (χ1) is 17.5. The van der Waals surface area contributed by atoms with Crippen molar-refractivity contribution in [1.29, 1.82) is 0 Å². The summed E-state index contributed by atoms with van der Waals surface area (Å²) in [7, 11) is -3.70. The smallest absolute Gasteiger partial charge is 0.258 e. The molecule has 1 saturated carbocycles. The van der Waals surface area contributed by atoms with Crippen LogP contribution in [0.1, 0.15) is 48.7 Å². The number of carbonyl (C=O) groups is 1. The van der Waals surface area contributed by atoms with Gasteiger partial charge < -0.3 is 25.3 Å². The Balaban J connectivity index is 1.40. The fraction of sp³-hybridized carbons (Fsp3) is 0.560. The highest BCUT2D eigenvalue weighted by Crippen LogP contribution is 2.54. The summed E-state index contributed by atoms with van der Waals surface area (Å²) in [6, 6.07) is 6.55. The maximum atomic E-state index is 13.5. The third-order valence-corrected chi connectivity index (χ3v) is 8.69. The third kappa shape index (κ3) is 5.81. The molecule has 11 nitrogen and oxygen atoms in total. The second-order valence-electron chi connectivity index (χ2n) is 10.9. The molecule has 37 heavy (non-hydrogen) atoms. The van der Waals surface area contributed by atoms with Gasteiger partial charge >= 0.3 is 0 Å². The van der Waals surface area contributed by atoms with E-state index in [-0.39, 0.29) is 5.91 Å². The first-order valence-electron chi connectivity index (χ1n) is 12.6. The van der Waals surface area contributed by atoms with E-state index in [9.17, 15) is 18.3 Å². The summed E-state index contributed by atoms with van der Waals surface area (Å²) >= 11 is 0. The molecule has 5 rings (SSSR count). The van der Waals surface area contributed by atoms with E-state index in [0.717, 1.165) is 25.9 Å². The van der Waals surface area contributed by atoms with Crippen LogP contribution < -0.4 is 19.8 Å². The number of amides is 1. The molecule has 0 radical (unpaired) electrons. The number of benzene rings is 1. The van der Waals surface area contributed by atoms with Crippen LogP contribution in [0.25, 0.3) is 0 Å². The lowest BCUT2D eigenvalue weighted by atomic mass is 9.93. The number of hydrogen-bond acceptors (Lipinski definition) is 9. The largest absolute Gasteiger partial charge is 0.395 e. The zero-order valence-corrected chi connectivity index (χ0v) is 22.0. The van der Waals surface area contributed by atoms with Crippen molar-refractivity contribution in [2.24, 2.45) is 5.41 Å². The lowest BCUT2D eigenvalue weighted by Gasteiger charge is -2.44. The molecular formula is C25H34N6O5S. The fourth-order valence-electron chi connectivity index (χ4n) is 5.16. The standard InChI is InChI=1S/C25H34N6O5S/c1-17-13-21(28-23(26-17)31-15-24(2,34)16-31)27-22(33)19-4-3-18(29-37(35,36)12-11-32)14-20(19)30-9-7-25(5-6-25)8-10-30/h3-4,13-14,29,32,34H,5-12,15-16H2,1-2H3,(H,26,27,28,33). The van der Waals surface area contributed by atoms with Gasteiger partial charge in [-0.1, -0.05) is 0 Å². The normalized spacial score (nSPS) is 19.9. The first-order valence-corrected chi connectivity index (χ1v) is 14.3. The van der Waals surface area contributed by atoms with E-state index in [4.69, 9.17) is 5.11 Å². The number of piperidine rings is 1. The Morgan fingerprint density at radius 3 is 2.41 bits per heavy atom. The second-order valence-corrected chi connectivity index (χ2v) is 12.7. The molecule has 1 spiro atoms. The molecule has 0 bridgehead atoms. The van der Waals surface area contributed by atoms with Gasteiger partial charge in [-0.2, -0.15) is 4.98 Å². The number of rotatable bonds is 8. The summed E-state index contributed by atoms with van der Waals surface area (Å²) in [5, 5.41) is 22.0. The molecule has 4 N–H and O–H groups in total. The van der Waals surface area contributed by atoms with Crippen molar-refractivity contribution in [2.75, 3.05) is 58.4 Å². The van der Waals surface area contributed by atoms with Gasteiger partial charge in [0.2, 0.25) is 16.0 Å². The predicted molar refractivity (Wildman–Crippen MR) is 142 cm³/mol. The maximum absolute atomic E-state index is 13.5. The van der Waals surface area contributed by atoms with E-state index in [1.807, 2.05) is 11.8 Å². The monoisotopic (exact) mass is 530 g/mol. The van der Waals surface area contributed by atoms with Gasteiger partial charge in [0.15, 0.2) is 0 Å². The number of aliphatic hydroxyl groups excluding tert-OH is 1. The Bertz CT molecular complexity index is 1290. The molecule has 0 unspecified atom stereocenters. The van der Waals surface area contributed by atoms with E-state index < -0.39 is 28.0 Å². The van der Waals surface area contributed by atoms with Crippen molar-refractivity contribution < 1.29 is 23.4 Å². The molecule has 12 heteroatoms. The SMILES string of the molecule is Cc1cc(NC(=O)c2ccc(NS(=O)(=O)CCO)cc2N2CCC3(CC2)CC3)nc(N2CC(C)(O)C2)n1. The lowest BCUT2D eigenvalue weighted by molar-refractivity contribution is 0.0299. The fourth-order valence-corrected chi connectivity index (χ4v) is 5.99. The summed E-state index contributed by atoms with van der Waals surface area (Å²) in [6.07, 6.45) is 4.58. The van der Waals surface area contributed by atoms with E-state index in [1.165, 1.54) is 12.8 Å². The second kappa shape index (κ2) is 9.41. The Kier molecular flexibility index (Phi) is 6.53. The highest BCUT2D eigenvalue weighted by atomic mass is 32.2. The van der Waals surface area contributed by atoms with Gasteiger partial charge in [0.1, 0.15) is 5.82 Å². The summed E-state index contributed by atoms with van der Waals surface area (Å²) in [5.41, 5.74) is 1.77. The highest BCUT2D eigenvalue weighted by molar-refractivity contribution is 7.92. The van der Waals surface area contributed by atoms with Crippen LogP contribution >= 0.6 is 0 Å². The van der Waals surface area contributed by atoms with E-state index >= 15 is 0 Å². The quantitative estimate of drug-likeness (QED) is 0.400. The van der Waals surface area contributed by atoms with Gasteiger partial charge in [0, 0.05) is 24.8 Å². The van der Waals surface area contributed by atoms with Crippen LogP contribution in [0, 0.1) is 12.3 Å². The topological polar surface area (TPSA) is 148 Å². The van der Waals surface area contributed by atoms with Gasteiger partial charge in [0.25, 0.3) is 5.91 Å². The van der Waals surface area contributed by atoms with Gasteiger partial charge in [-0.3, -0.25) is 9.52 Å². The Labute approximate surface area is 217 Å². The van der Waals surface area contributed by atoms with Crippen molar-refractivity contribution in [3.8, 4) is 0 Å². The van der Waals surface area contributed by atoms with Crippen molar-refractivity contribution >= 4 is 39.1 Å². The van der Waals surface area contributed by atoms with Crippen molar-refractivity contribution in [1.82, 2.24) is 9.97 Å². The number of nitrogens with one attached hydrogen (secondary N) is 2. The molecule has 1 aliphatic carbocycles. The van der Waals surface area contributed by atoms with Crippen LogP contribution in [0.3, 0.4) is 0 Å². The number of hydrogen-bond donors (Lipinski definition) is 4. The average molecular weight is 531 g/mol. The number of sulfonamides is 1. The Morgan fingerprint density at radius 2 is 1.78 bits per heavy atom. The van der Waals surface area contributed by atoms with Crippen molar-refractivity contribution in [2.45, 2.75) is 45.1 Å². The predicted octanol–water partition coefficient (Wildman–Crippen LogP) is 1.72. The molecule has 2 aromatic rings. The van der Waals surface area contributed by atoms with Crippen LogP contribution in [-0.4, -0.2) is 78.6 Å². The lowest BCUT2D eigenvalue weighted by Crippen LogP contribution is -2.60. The van der Waals surface area contributed by atoms with Gasteiger partial charge in [0.05, 0.1) is 48.0 Å². The molecule has 3 aliphatic rings. The zero-order valence-electron chi connectivity index (χ0n) is 21.2. The van der Waals surface area contributed by atoms with E-state index in [1.54, 1.807) is 31.2 Å². The number of aryl methyl sites for hydroxylation is 1. The maximum Gasteiger partial charge on any atom is 0.258 e. The summed E-state index contributed by atoms with van der Waals surface area (Å²) in [5.74, 6) is 0.0411. The van der Waals surface area contributed by atoms with Gasteiger partial charge in [-0.15, -0.1) is 0 Å². The molecule has 3 fully saturated rings. The molecule has 1 aromatic heterocycles. The van der Waals surface area contributed by atoms with Gasteiger partial charge in [-0.05, 0) is 63.1 Å². The first kappa shape index (κ1) is 25.7. The third-order valence-electron chi connectivity index (χ3n) is 7.43. The highest BCUT2D eigenvalue weighted by Gasteiger charge is 2.44. The van der Waals surface area contributed by atoms with Crippen LogP contribution in [0.4, 0.5) is 23.1 Å². The van der Waals surface area contributed by atoms with E-state index in [2.05, 4.69) is 24.9 Å². The Hall–Kier alpha value is -2.96. The van der Waals surface area contributed by atoms with Crippen LogP contribution in [-0.2, 0) is 10.0 Å². The summed E-state index contributed by atoms with van der Waals surface area (Å²) < 4.78 is 27.0. The summed E-state index contributed by atoms with van der Waals surface area (Å²) in [4.78, 5) is 26.4. The number of carbonyl (C=O) groups excluding carboxylic acids is 1. The van der Waals surface area contributed by atoms with E-state index in [0.29, 0.717) is 52.9 Å². The van der Waals surface area contributed by atoms with Crippen LogP contribution in [0.2, 0.25) is 0 Å². The molecule has 3 heterocycles. The van der Waals surface area contributed by atoms with Gasteiger partial charge in [-0.25, -0.2) is 13.4 Å². The molecule has 1 amide bonds. The zero-order chi connectivity index (χ0) is 26.4. The molecule has 0 atom stereocenters. The minimum atomic E-state index is -3.70. The Morgan fingerprint density at radius 1 is 1.08 bits per heavy atom. The number of nitrogens with zero attached hydrogens (tertiary/aromatic N) is 4. The number of β-amino-alcohol motifs (C(OH)–C–C–N with tert-alkyl or cyclic N) is 1. The summed E-state index contributed by atoms with van der Waals surface area (Å²) in [6.45, 7) is 5.50. The van der Waals surface area contributed by atoms with Crippen LogP contribution in [0.5, 0.6) is 0 Å². The van der Waals surface area contributed by atoms with Crippen molar-refractivity contribution in [3.05, 3.63) is 35.5 Å². The van der Waals surface area contributed by atoms with Crippen molar-refractivity contribution in [3.63, 3.8) is 0 Å². The molecule has 2 aliphatic heterocycles. The number of anilines is 4. The molecular weight excluding hydrogens is 496 g/mol.